The lowest BCUT2D eigenvalue weighted by molar-refractivity contribution is 0.216. The molecule has 1 aromatic carbocycles. The molecule has 0 N–H and O–H groups in total. The Morgan fingerprint density at radius 3 is 2.33 bits per heavy atom. The Hall–Kier alpha value is -0.870. The molecule has 0 bridgehead atoms. The Balaban J connectivity index is 2.24. The minimum atomic E-state index is -3.18. The van der Waals surface area contributed by atoms with Crippen LogP contribution in [0.5, 0.6) is 0 Å². The molecule has 3 nitrogen and oxygen atoms in total. The van der Waals surface area contributed by atoms with Gasteiger partial charge in [-0.25, -0.2) is 8.42 Å². The van der Waals surface area contributed by atoms with Crippen LogP contribution >= 0.6 is 0 Å². The van der Waals surface area contributed by atoms with Gasteiger partial charge in [0, 0.05) is 18.6 Å². The van der Waals surface area contributed by atoms with Crippen molar-refractivity contribution in [2.45, 2.75) is 49.4 Å². The van der Waals surface area contributed by atoms with E-state index in [0.717, 1.165) is 6.42 Å². The van der Waals surface area contributed by atoms with Crippen molar-refractivity contribution in [3.63, 3.8) is 0 Å². The Morgan fingerprint density at radius 2 is 1.83 bits per heavy atom. The second kappa shape index (κ2) is 5.02. The normalized spacial score (nSPS) is 25.8. The molecule has 0 radical (unpaired) electrons. The summed E-state index contributed by atoms with van der Waals surface area (Å²) in [6.45, 7) is 7.00. The highest BCUT2D eigenvalue weighted by atomic mass is 32.2. The summed E-state index contributed by atoms with van der Waals surface area (Å²) in [7, 11) is -3.18. The van der Waals surface area contributed by atoms with Gasteiger partial charge in [0.1, 0.15) is 0 Å². The van der Waals surface area contributed by atoms with Crippen LogP contribution in [0.4, 0.5) is 0 Å². The molecule has 2 unspecified atom stereocenters. The third-order valence-electron chi connectivity index (χ3n) is 3.76. The van der Waals surface area contributed by atoms with Crippen molar-refractivity contribution >= 4 is 9.84 Å². The van der Waals surface area contributed by atoms with Crippen LogP contribution in [-0.2, 0) is 9.84 Å². The molecule has 1 fully saturated rings. The second-order valence-corrected chi connectivity index (χ2v) is 7.58. The zero-order chi connectivity index (χ0) is 13.3. The zero-order valence-corrected chi connectivity index (χ0v) is 12.0. The second-order valence-electron chi connectivity index (χ2n) is 5.36. The van der Waals surface area contributed by atoms with Gasteiger partial charge in [-0.15, -0.1) is 0 Å². The smallest absolute Gasteiger partial charge is 0.182 e. The van der Waals surface area contributed by atoms with Gasteiger partial charge in [0.2, 0.25) is 0 Å². The minimum Gasteiger partial charge on any atom is -0.297 e. The van der Waals surface area contributed by atoms with Gasteiger partial charge in [0.25, 0.3) is 0 Å². The zero-order valence-electron chi connectivity index (χ0n) is 11.2. The fourth-order valence-electron chi connectivity index (χ4n) is 2.75. The Morgan fingerprint density at radius 1 is 1.22 bits per heavy atom. The van der Waals surface area contributed by atoms with Crippen molar-refractivity contribution in [3.05, 3.63) is 30.3 Å². The molecule has 0 spiro atoms. The van der Waals surface area contributed by atoms with Gasteiger partial charge >= 0.3 is 0 Å². The third kappa shape index (κ3) is 2.45. The molecule has 0 amide bonds. The monoisotopic (exact) mass is 267 g/mol. The van der Waals surface area contributed by atoms with Crippen molar-refractivity contribution in [1.29, 1.82) is 0 Å². The van der Waals surface area contributed by atoms with E-state index in [0.29, 0.717) is 23.5 Å². The standard InChI is InChI=1S/C14H21NO2S/c1-11(2)15-10-14(9-12(15)3)18(16,17)13-7-5-4-6-8-13/h4-8,11-12,14H,9-10H2,1-3H3. The number of sulfone groups is 1. The average Bonchev–Trinajstić information content (AvgIpc) is 2.73. The average molecular weight is 267 g/mol. The van der Waals surface area contributed by atoms with Crippen molar-refractivity contribution in [2.75, 3.05) is 6.54 Å². The molecular formula is C14H21NO2S. The van der Waals surface area contributed by atoms with Crippen LogP contribution in [0.2, 0.25) is 0 Å². The largest absolute Gasteiger partial charge is 0.297 e. The van der Waals surface area contributed by atoms with Crippen LogP contribution in [0.3, 0.4) is 0 Å². The fourth-order valence-corrected chi connectivity index (χ4v) is 4.57. The third-order valence-corrected chi connectivity index (χ3v) is 5.91. The first-order chi connectivity index (χ1) is 8.43. The molecule has 100 valence electrons. The van der Waals surface area contributed by atoms with Crippen LogP contribution in [-0.4, -0.2) is 37.2 Å². The molecule has 18 heavy (non-hydrogen) atoms. The Labute approximate surface area is 110 Å². The summed E-state index contributed by atoms with van der Waals surface area (Å²) >= 11 is 0. The summed E-state index contributed by atoms with van der Waals surface area (Å²) in [6, 6.07) is 9.54. The number of likely N-dealkylation sites (tertiary alicyclic amines) is 1. The van der Waals surface area contributed by atoms with Gasteiger partial charge in [-0.05, 0) is 39.3 Å². The van der Waals surface area contributed by atoms with E-state index in [1.54, 1.807) is 24.3 Å². The van der Waals surface area contributed by atoms with E-state index in [2.05, 4.69) is 25.7 Å². The van der Waals surface area contributed by atoms with Crippen LogP contribution in [0.25, 0.3) is 0 Å². The number of hydrogen-bond acceptors (Lipinski definition) is 3. The molecule has 1 saturated heterocycles. The van der Waals surface area contributed by atoms with Crippen molar-refractivity contribution < 1.29 is 8.42 Å². The molecule has 1 heterocycles. The highest BCUT2D eigenvalue weighted by Gasteiger charge is 2.38. The molecule has 0 aliphatic carbocycles. The van der Waals surface area contributed by atoms with Gasteiger partial charge in [0.05, 0.1) is 10.1 Å². The highest BCUT2D eigenvalue weighted by molar-refractivity contribution is 7.92. The van der Waals surface area contributed by atoms with Gasteiger partial charge in [-0.2, -0.15) is 0 Å². The molecule has 1 aliphatic rings. The molecule has 1 aliphatic heterocycles. The topological polar surface area (TPSA) is 37.4 Å². The molecule has 0 aromatic heterocycles. The van der Waals surface area contributed by atoms with Crippen molar-refractivity contribution in [2.24, 2.45) is 0 Å². The predicted octanol–water partition coefficient (Wildman–Crippen LogP) is 2.33. The fraction of sp³-hybridized carbons (Fsp3) is 0.571. The number of nitrogens with zero attached hydrogens (tertiary/aromatic N) is 1. The molecular weight excluding hydrogens is 246 g/mol. The number of rotatable bonds is 3. The molecule has 2 atom stereocenters. The van der Waals surface area contributed by atoms with Gasteiger partial charge < -0.3 is 0 Å². The Bertz CT molecular complexity index is 496. The first kappa shape index (κ1) is 13.6. The lowest BCUT2D eigenvalue weighted by Crippen LogP contribution is -2.35. The van der Waals surface area contributed by atoms with Crippen LogP contribution in [0.15, 0.2) is 35.2 Å². The van der Waals surface area contributed by atoms with E-state index < -0.39 is 9.84 Å². The highest BCUT2D eigenvalue weighted by Crippen LogP contribution is 2.28. The SMILES string of the molecule is CC(C)N1CC(S(=O)(=O)c2ccccc2)CC1C. The van der Waals surface area contributed by atoms with E-state index in [4.69, 9.17) is 0 Å². The molecule has 1 aromatic rings. The number of benzene rings is 1. The van der Waals surface area contributed by atoms with E-state index in [1.807, 2.05) is 6.07 Å². The first-order valence-electron chi connectivity index (χ1n) is 6.47. The lowest BCUT2D eigenvalue weighted by Gasteiger charge is -2.25. The number of hydrogen-bond donors (Lipinski definition) is 0. The van der Waals surface area contributed by atoms with Crippen LogP contribution < -0.4 is 0 Å². The van der Waals surface area contributed by atoms with Gasteiger partial charge in [-0.1, -0.05) is 18.2 Å². The summed E-state index contributed by atoms with van der Waals surface area (Å²) in [5, 5.41) is -0.266. The maximum absolute atomic E-state index is 12.5. The quantitative estimate of drug-likeness (QED) is 0.843. The predicted molar refractivity (Wildman–Crippen MR) is 73.3 cm³/mol. The van der Waals surface area contributed by atoms with E-state index in [9.17, 15) is 8.42 Å². The maximum Gasteiger partial charge on any atom is 0.182 e. The lowest BCUT2D eigenvalue weighted by atomic mass is 10.2. The summed E-state index contributed by atoms with van der Waals surface area (Å²) in [6.07, 6.45) is 0.732. The maximum atomic E-state index is 12.5. The summed E-state index contributed by atoms with van der Waals surface area (Å²) in [5.74, 6) is 0. The van der Waals surface area contributed by atoms with Crippen molar-refractivity contribution in [1.82, 2.24) is 4.90 Å². The minimum absolute atomic E-state index is 0.266. The Kier molecular flexibility index (Phi) is 3.78. The van der Waals surface area contributed by atoms with E-state index >= 15 is 0 Å². The summed E-state index contributed by atoms with van der Waals surface area (Å²) in [5.41, 5.74) is 0. The molecule has 2 rings (SSSR count). The van der Waals surface area contributed by atoms with Crippen molar-refractivity contribution in [3.8, 4) is 0 Å². The van der Waals surface area contributed by atoms with Gasteiger partial charge in [-0.3, -0.25) is 4.90 Å². The van der Waals surface area contributed by atoms with E-state index in [-0.39, 0.29) is 5.25 Å². The molecule has 0 saturated carbocycles. The summed E-state index contributed by atoms with van der Waals surface area (Å²) in [4.78, 5) is 2.72. The van der Waals surface area contributed by atoms with E-state index in [1.165, 1.54) is 0 Å². The van der Waals surface area contributed by atoms with Crippen LogP contribution in [0.1, 0.15) is 27.2 Å². The summed E-state index contributed by atoms with van der Waals surface area (Å²) < 4.78 is 25.0. The first-order valence-corrected chi connectivity index (χ1v) is 8.02. The molecule has 4 heteroatoms. The van der Waals surface area contributed by atoms with Gasteiger partial charge in [0.15, 0.2) is 9.84 Å². The van der Waals surface area contributed by atoms with Crippen LogP contribution in [0, 0.1) is 0 Å².